The van der Waals surface area contributed by atoms with E-state index >= 15 is 0 Å². The highest BCUT2D eigenvalue weighted by atomic mass is 16.5. The van der Waals surface area contributed by atoms with Crippen LogP contribution in [0.3, 0.4) is 0 Å². The summed E-state index contributed by atoms with van der Waals surface area (Å²) < 4.78 is 10.6. The summed E-state index contributed by atoms with van der Waals surface area (Å²) in [4.78, 5) is 25.8. The van der Waals surface area contributed by atoms with Gasteiger partial charge in [0.2, 0.25) is 0 Å². The molecule has 0 spiro atoms. The van der Waals surface area contributed by atoms with Crippen molar-refractivity contribution in [1.82, 2.24) is 0 Å². The lowest BCUT2D eigenvalue weighted by atomic mass is 10.2. The largest absolute Gasteiger partial charge is 0.490 e. The smallest absolute Gasteiger partial charge is 0.331 e. The summed E-state index contributed by atoms with van der Waals surface area (Å²) in [6.45, 7) is 5.58. The van der Waals surface area contributed by atoms with Crippen molar-refractivity contribution < 1.29 is 19.1 Å². The lowest BCUT2D eigenvalue weighted by molar-refractivity contribution is -0.148. The molecule has 27 heavy (non-hydrogen) atoms. The first-order valence-electron chi connectivity index (χ1n) is 8.56. The minimum atomic E-state index is -0.887. The average molecular weight is 365 g/mol. The van der Waals surface area contributed by atoms with Gasteiger partial charge in [0.25, 0.3) is 5.91 Å². The topological polar surface area (TPSA) is 55.8 Å². The third-order valence-electron chi connectivity index (χ3n) is 3.77. The van der Waals surface area contributed by atoms with Crippen LogP contribution < -0.4 is 9.64 Å². The van der Waals surface area contributed by atoms with Crippen LogP contribution in [0.5, 0.6) is 5.75 Å². The van der Waals surface area contributed by atoms with Gasteiger partial charge in [0.05, 0.1) is 0 Å². The Bertz CT molecular complexity index is 797. The number of esters is 1. The Morgan fingerprint density at radius 2 is 1.78 bits per heavy atom. The van der Waals surface area contributed by atoms with Gasteiger partial charge in [-0.15, -0.1) is 0 Å². The molecule has 1 amide bonds. The first kappa shape index (κ1) is 20.0. The summed E-state index contributed by atoms with van der Waals surface area (Å²) >= 11 is 0. The third-order valence-corrected chi connectivity index (χ3v) is 3.77. The van der Waals surface area contributed by atoms with Crippen molar-refractivity contribution in [2.75, 3.05) is 18.6 Å². The van der Waals surface area contributed by atoms with Crippen molar-refractivity contribution in [2.24, 2.45) is 0 Å². The van der Waals surface area contributed by atoms with Crippen LogP contribution in [0.2, 0.25) is 0 Å². The van der Waals surface area contributed by atoms with Crippen molar-refractivity contribution in [3.63, 3.8) is 0 Å². The third kappa shape index (κ3) is 6.15. The van der Waals surface area contributed by atoms with Crippen molar-refractivity contribution in [3.05, 3.63) is 78.9 Å². The van der Waals surface area contributed by atoms with Crippen LogP contribution in [0.4, 0.5) is 5.69 Å². The Kier molecular flexibility index (Phi) is 7.37. The number of para-hydroxylation sites is 1. The number of likely N-dealkylation sites (N-methyl/N-ethyl adjacent to an activating group) is 1. The van der Waals surface area contributed by atoms with Crippen molar-refractivity contribution in [2.45, 2.75) is 13.0 Å². The number of amides is 1. The predicted octanol–water partition coefficient (Wildman–Crippen LogP) is 3.86. The first-order chi connectivity index (χ1) is 13.0. The molecule has 0 aliphatic carbocycles. The van der Waals surface area contributed by atoms with Gasteiger partial charge in [0.1, 0.15) is 12.4 Å². The molecule has 0 saturated carbocycles. The number of ether oxygens (including phenoxy) is 2. The molecular formula is C22H23NO4. The number of hydrogen-bond acceptors (Lipinski definition) is 4. The van der Waals surface area contributed by atoms with Gasteiger partial charge in [-0.1, -0.05) is 43.0 Å². The molecular weight excluding hydrogens is 342 g/mol. The fourth-order valence-electron chi connectivity index (χ4n) is 2.31. The molecule has 5 heteroatoms. The first-order valence-corrected chi connectivity index (χ1v) is 8.56. The quantitative estimate of drug-likeness (QED) is 0.405. The fraction of sp³-hybridized carbons (Fsp3) is 0.182. The highest BCUT2D eigenvalue weighted by Gasteiger charge is 2.21. The molecule has 0 bridgehead atoms. The molecule has 0 heterocycles. The number of benzene rings is 2. The highest BCUT2D eigenvalue weighted by Crippen LogP contribution is 2.15. The number of hydrogen-bond donors (Lipinski definition) is 0. The van der Waals surface area contributed by atoms with E-state index in [1.54, 1.807) is 38.3 Å². The summed E-state index contributed by atoms with van der Waals surface area (Å²) in [7, 11) is 1.65. The molecule has 2 rings (SSSR count). The molecule has 0 saturated heterocycles. The van der Waals surface area contributed by atoms with Crippen LogP contribution in [0.1, 0.15) is 12.5 Å². The summed E-state index contributed by atoms with van der Waals surface area (Å²) in [6, 6.07) is 16.4. The fourth-order valence-corrected chi connectivity index (χ4v) is 2.31. The lowest BCUT2D eigenvalue weighted by Crippen LogP contribution is -2.37. The molecule has 2 aromatic rings. The predicted molar refractivity (Wildman–Crippen MR) is 107 cm³/mol. The van der Waals surface area contributed by atoms with Gasteiger partial charge in [-0.3, -0.25) is 4.79 Å². The molecule has 0 aliphatic heterocycles. The summed E-state index contributed by atoms with van der Waals surface area (Å²) in [5, 5.41) is 0. The monoisotopic (exact) mass is 365 g/mol. The van der Waals surface area contributed by atoms with Gasteiger partial charge < -0.3 is 14.4 Å². The SMILES string of the molecule is C=CCOc1ccc(/C=C/C(=O)O[C@@H](C)C(=O)N(C)c2ccccc2)cc1. The van der Waals surface area contributed by atoms with E-state index in [0.717, 1.165) is 17.0 Å². The Hall–Kier alpha value is -3.34. The van der Waals surface area contributed by atoms with Crippen LogP contribution in [-0.4, -0.2) is 31.6 Å². The van der Waals surface area contributed by atoms with E-state index in [9.17, 15) is 9.59 Å². The zero-order chi connectivity index (χ0) is 19.6. The van der Waals surface area contributed by atoms with Crippen LogP contribution >= 0.6 is 0 Å². The lowest BCUT2D eigenvalue weighted by Gasteiger charge is -2.21. The summed E-state index contributed by atoms with van der Waals surface area (Å²) in [5.74, 6) is -0.159. The second kappa shape index (κ2) is 9.97. The molecule has 0 radical (unpaired) electrons. The minimum Gasteiger partial charge on any atom is -0.490 e. The molecule has 1 atom stereocenters. The zero-order valence-corrected chi connectivity index (χ0v) is 15.5. The second-order valence-corrected chi connectivity index (χ2v) is 5.81. The molecule has 0 unspecified atom stereocenters. The maximum atomic E-state index is 12.4. The molecule has 140 valence electrons. The van der Waals surface area contributed by atoms with E-state index < -0.39 is 12.1 Å². The van der Waals surface area contributed by atoms with Crippen LogP contribution in [0, 0.1) is 0 Å². The summed E-state index contributed by atoms with van der Waals surface area (Å²) in [5.41, 5.74) is 1.55. The van der Waals surface area contributed by atoms with E-state index in [1.807, 2.05) is 42.5 Å². The molecule has 0 N–H and O–H groups in total. The maximum Gasteiger partial charge on any atom is 0.331 e. The highest BCUT2D eigenvalue weighted by molar-refractivity contribution is 5.98. The van der Waals surface area contributed by atoms with E-state index in [-0.39, 0.29) is 5.91 Å². The number of rotatable bonds is 8. The van der Waals surface area contributed by atoms with E-state index in [1.165, 1.54) is 11.0 Å². The van der Waals surface area contributed by atoms with Gasteiger partial charge in [-0.05, 0) is 42.8 Å². The van der Waals surface area contributed by atoms with Gasteiger partial charge >= 0.3 is 5.97 Å². The van der Waals surface area contributed by atoms with E-state index in [2.05, 4.69) is 6.58 Å². The van der Waals surface area contributed by atoms with Gasteiger partial charge in [-0.2, -0.15) is 0 Å². The second-order valence-electron chi connectivity index (χ2n) is 5.81. The van der Waals surface area contributed by atoms with Crippen molar-refractivity contribution in [3.8, 4) is 5.75 Å². The van der Waals surface area contributed by atoms with E-state index in [0.29, 0.717) is 6.61 Å². The van der Waals surface area contributed by atoms with Gasteiger partial charge in [-0.25, -0.2) is 4.79 Å². The Morgan fingerprint density at radius 1 is 1.11 bits per heavy atom. The van der Waals surface area contributed by atoms with Crippen LogP contribution in [-0.2, 0) is 14.3 Å². The van der Waals surface area contributed by atoms with Gasteiger partial charge in [0, 0.05) is 18.8 Å². The maximum absolute atomic E-state index is 12.4. The zero-order valence-electron chi connectivity index (χ0n) is 15.5. The number of carbonyl (C=O) groups is 2. The number of anilines is 1. The molecule has 0 aliphatic rings. The number of nitrogens with zero attached hydrogens (tertiary/aromatic N) is 1. The van der Waals surface area contributed by atoms with Crippen molar-refractivity contribution in [1.29, 1.82) is 0 Å². The minimum absolute atomic E-state index is 0.299. The Labute approximate surface area is 159 Å². The normalized spacial score (nSPS) is 11.6. The molecule has 0 aromatic heterocycles. The Morgan fingerprint density at radius 3 is 2.41 bits per heavy atom. The standard InChI is InChI=1S/C22H23NO4/c1-4-16-26-20-13-10-18(11-14-20)12-15-21(24)27-17(2)22(25)23(3)19-8-6-5-7-9-19/h4-15,17H,1,16H2,2-3H3/b15-12+/t17-/m0/s1. The molecule has 0 fully saturated rings. The average Bonchev–Trinajstić information content (AvgIpc) is 2.71. The van der Waals surface area contributed by atoms with Crippen LogP contribution in [0.15, 0.2) is 73.3 Å². The Balaban J connectivity index is 1.89. The van der Waals surface area contributed by atoms with E-state index in [4.69, 9.17) is 9.47 Å². The number of carbonyl (C=O) groups excluding carboxylic acids is 2. The molecule has 5 nitrogen and oxygen atoms in total. The van der Waals surface area contributed by atoms with Crippen molar-refractivity contribution >= 4 is 23.6 Å². The molecule has 2 aromatic carbocycles. The van der Waals surface area contributed by atoms with Crippen LogP contribution in [0.25, 0.3) is 6.08 Å². The summed E-state index contributed by atoms with van der Waals surface area (Å²) in [6.07, 6.45) is 3.70. The van der Waals surface area contributed by atoms with Gasteiger partial charge in [0.15, 0.2) is 6.10 Å².